The minimum absolute atomic E-state index is 0.162. The summed E-state index contributed by atoms with van der Waals surface area (Å²) in [6.45, 7) is 0. The Kier molecular flexibility index (Phi) is 3.61. The molecular weight excluding hydrogens is 244 g/mol. The number of anilines is 2. The van der Waals surface area contributed by atoms with E-state index in [1.165, 1.54) is 12.1 Å². The van der Waals surface area contributed by atoms with Gasteiger partial charge in [-0.3, -0.25) is 9.59 Å². The molecule has 0 saturated heterocycles. The summed E-state index contributed by atoms with van der Waals surface area (Å²) >= 11 is 0. The van der Waals surface area contributed by atoms with Gasteiger partial charge in [-0.25, -0.2) is 5.10 Å². The van der Waals surface area contributed by atoms with Crippen molar-refractivity contribution in [1.82, 2.24) is 10.2 Å². The number of carbonyl (C=O) groups is 1. The Morgan fingerprint density at radius 2 is 2.05 bits per heavy atom. The predicted octanol–water partition coefficient (Wildman–Crippen LogP) is 1.09. The fourth-order valence-corrected chi connectivity index (χ4v) is 1.53. The van der Waals surface area contributed by atoms with Crippen LogP contribution in [0.3, 0.4) is 0 Å². The van der Waals surface area contributed by atoms with Crippen LogP contribution in [0, 0.1) is 0 Å². The molecule has 0 spiro atoms. The van der Waals surface area contributed by atoms with E-state index < -0.39 is 0 Å². The second-order valence-corrected chi connectivity index (χ2v) is 4.21. The number of amides is 1. The Labute approximate surface area is 110 Å². The third kappa shape index (κ3) is 3.19. The number of hydrogen-bond donors (Lipinski definition) is 2. The molecule has 2 N–H and O–H groups in total. The summed E-state index contributed by atoms with van der Waals surface area (Å²) in [6.07, 6.45) is 0. The van der Waals surface area contributed by atoms with Crippen molar-refractivity contribution < 1.29 is 4.79 Å². The largest absolute Gasteiger partial charge is 0.378 e. The van der Waals surface area contributed by atoms with E-state index in [1.54, 1.807) is 6.07 Å². The summed E-state index contributed by atoms with van der Waals surface area (Å²) in [6, 6.07) is 10.1. The minimum atomic E-state index is -0.368. The molecular formula is C13H14N4O2. The maximum atomic E-state index is 11.9. The quantitative estimate of drug-likeness (QED) is 0.863. The van der Waals surface area contributed by atoms with Gasteiger partial charge in [-0.2, -0.15) is 5.10 Å². The highest BCUT2D eigenvalue weighted by atomic mass is 16.2. The molecule has 1 aromatic carbocycles. The van der Waals surface area contributed by atoms with Crippen molar-refractivity contribution in [1.29, 1.82) is 0 Å². The Balaban J connectivity index is 2.17. The number of rotatable bonds is 3. The fraction of sp³-hybridized carbons (Fsp3) is 0.154. The number of aromatic nitrogens is 2. The van der Waals surface area contributed by atoms with E-state index in [1.807, 2.05) is 37.2 Å². The number of nitrogens with zero attached hydrogens (tertiary/aromatic N) is 2. The molecule has 0 saturated carbocycles. The molecule has 0 aliphatic carbocycles. The lowest BCUT2D eigenvalue weighted by Gasteiger charge is -2.13. The van der Waals surface area contributed by atoms with Gasteiger partial charge < -0.3 is 10.2 Å². The molecule has 0 atom stereocenters. The van der Waals surface area contributed by atoms with Crippen LogP contribution < -0.4 is 15.8 Å². The Bertz CT molecular complexity index is 629. The van der Waals surface area contributed by atoms with Gasteiger partial charge in [0, 0.05) is 31.5 Å². The molecule has 0 fully saturated rings. The molecule has 0 aliphatic rings. The molecule has 0 aliphatic heterocycles. The Morgan fingerprint density at radius 3 is 2.68 bits per heavy atom. The topological polar surface area (TPSA) is 78.1 Å². The lowest BCUT2D eigenvalue weighted by atomic mass is 10.2. The van der Waals surface area contributed by atoms with Crippen LogP contribution in [-0.2, 0) is 0 Å². The van der Waals surface area contributed by atoms with Gasteiger partial charge in [0.2, 0.25) is 0 Å². The van der Waals surface area contributed by atoms with Gasteiger partial charge in [-0.05, 0) is 24.3 Å². The first-order valence-corrected chi connectivity index (χ1v) is 5.71. The molecule has 0 bridgehead atoms. The maximum Gasteiger partial charge on any atom is 0.276 e. The highest BCUT2D eigenvalue weighted by Crippen LogP contribution is 2.17. The van der Waals surface area contributed by atoms with Crippen LogP contribution >= 0.6 is 0 Å². The van der Waals surface area contributed by atoms with E-state index in [-0.39, 0.29) is 17.2 Å². The molecule has 0 radical (unpaired) electrons. The maximum absolute atomic E-state index is 11.9. The third-order valence-electron chi connectivity index (χ3n) is 2.53. The summed E-state index contributed by atoms with van der Waals surface area (Å²) in [7, 11) is 3.84. The zero-order chi connectivity index (χ0) is 13.8. The van der Waals surface area contributed by atoms with Gasteiger partial charge in [-0.15, -0.1) is 0 Å². The molecule has 0 unspecified atom stereocenters. The van der Waals surface area contributed by atoms with Crippen LogP contribution in [0.1, 0.15) is 10.5 Å². The average Bonchev–Trinajstić information content (AvgIpc) is 2.39. The van der Waals surface area contributed by atoms with Crippen molar-refractivity contribution in [3.63, 3.8) is 0 Å². The van der Waals surface area contributed by atoms with Crippen LogP contribution in [-0.4, -0.2) is 30.2 Å². The highest BCUT2D eigenvalue weighted by molar-refractivity contribution is 6.02. The summed E-state index contributed by atoms with van der Waals surface area (Å²) < 4.78 is 0. The zero-order valence-electron chi connectivity index (χ0n) is 10.7. The fourth-order valence-electron chi connectivity index (χ4n) is 1.53. The molecule has 6 heteroatoms. The third-order valence-corrected chi connectivity index (χ3v) is 2.53. The molecule has 2 aromatic rings. The van der Waals surface area contributed by atoms with Crippen molar-refractivity contribution in [2.45, 2.75) is 0 Å². The smallest absolute Gasteiger partial charge is 0.276 e. The molecule has 19 heavy (non-hydrogen) atoms. The summed E-state index contributed by atoms with van der Waals surface area (Å²) in [5.41, 5.74) is 1.47. The van der Waals surface area contributed by atoms with Crippen molar-refractivity contribution in [2.75, 3.05) is 24.3 Å². The van der Waals surface area contributed by atoms with Crippen LogP contribution in [0.15, 0.2) is 41.2 Å². The van der Waals surface area contributed by atoms with Gasteiger partial charge >= 0.3 is 0 Å². The van der Waals surface area contributed by atoms with Crippen LogP contribution in [0.25, 0.3) is 0 Å². The minimum Gasteiger partial charge on any atom is -0.378 e. The van der Waals surface area contributed by atoms with Crippen molar-refractivity contribution in [3.8, 4) is 0 Å². The number of H-pyrrole nitrogens is 1. The number of nitrogens with one attached hydrogen (secondary N) is 2. The van der Waals surface area contributed by atoms with E-state index in [9.17, 15) is 9.59 Å². The summed E-state index contributed by atoms with van der Waals surface area (Å²) in [5, 5.41) is 8.62. The van der Waals surface area contributed by atoms with Gasteiger partial charge in [0.15, 0.2) is 0 Å². The second-order valence-electron chi connectivity index (χ2n) is 4.21. The molecule has 6 nitrogen and oxygen atoms in total. The van der Waals surface area contributed by atoms with Crippen LogP contribution in [0.2, 0.25) is 0 Å². The Morgan fingerprint density at radius 1 is 1.26 bits per heavy atom. The highest BCUT2D eigenvalue weighted by Gasteiger charge is 2.08. The number of benzene rings is 1. The lowest BCUT2D eigenvalue weighted by Crippen LogP contribution is -2.17. The first-order chi connectivity index (χ1) is 9.06. The molecule has 2 rings (SSSR count). The second kappa shape index (κ2) is 5.34. The van der Waals surface area contributed by atoms with E-state index in [0.717, 1.165) is 5.69 Å². The van der Waals surface area contributed by atoms with Gasteiger partial charge in [-0.1, -0.05) is 6.07 Å². The van der Waals surface area contributed by atoms with E-state index in [4.69, 9.17) is 0 Å². The van der Waals surface area contributed by atoms with Crippen LogP contribution in [0.5, 0.6) is 0 Å². The van der Waals surface area contributed by atoms with Crippen molar-refractivity contribution in [3.05, 3.63) is 52.4 Å². The van der Waals surface area contributed by atoms with Crippen LogP contribution in [0.4, 0.5) is 11.4 Å². The lowest BCUT2D eigenvalue weighted by molar-refractivity contribution is 0.102. The van der Waals surface area contributed by atoms with Crippen molar-refractivity contribution in [2.24, 2.45) is 0 Å². The van der Waals surface area contributed by atoms with E-state index in [2.05, 4.69) is 15.5 Å². The van der Waals surface area contributed by atoms with E-state index in [0.29, 0.717) is 5.69 Å². The first kappa shape index (κ1) is 12.8. The first-order valence-electron chi connectivity index (χ1n) is 5.71. The number of hydrogen-bond acceptors (Lipinski definition) is 4. The SMILES string of the molecule is CN(C)c1cccc(NC(=O)c2ccc(=O)[nH]n2)c1. The number of aromatic amines is 1. The van der Waals surface area contributed by atoms with Crippen molar-refractivity contribution >= 4 is 17.3 Å². The van der Waals surface area contributed by atoms with E-state index >= 15 is 0 Å². The molecule has 1 aromatic heterocycles. The monoisotopic (exact) mass is 258 g/mol. The molecule has 1 amide bonds. The predicted molar refractivity (Wildman–Crippen MR) is 73.6 cm³/mol. The Hall–Kier alpha value is -2.63. The molecule has 1 heterocycles. The normalized spacial score (nSPS) is 10.0. The van der Waals surface area contributed by atoms with Gasteiger partial charge in [0.25, 0.3) is 11.5 Å². The van der Waals surface area contributed by atoms with Gasteiger partial charge in [0.05, 0.1) is 0 Å². The average molecular weight is 258 g/mol. The summed E-state index contributed by atoms with van der Waals surface area (Å²) in [5.74, 6) is -0.368. The number of carbonyl (C=O) groups excluding carboxylic acids is 1. The molecule has 98 valence electrons. The zero-order valence-corrected chi connectivity index (χ0v) is 10.7. The summed E-state index contributed by atoms with van der Waals surface area (Å²) in [4.78, 5) is 24.7. The standard InChI is InChI=1S/C13H14N4O2/c1-17(2)10-5-3-4-9(8-10)14-13(19)11-6-7-12(18)16-15-11/h3-8H,1-2H3,(H,14,19)(H,16,18). The van der Waals surface area contributed by atoms with Gasteiger partial charge in [0.1, 0.15) is 5.69 Å².